The average molecular weight is 262 g/mol. The van der Waals surface area contributed by atoms with Gasteiger partial charge in [0.05, 0.1) is 10.6 Å². The third kappa shape index (κ3) is 1.65. The van der Waals surface area contributed by atoms with Crippen LogP contribution in [0.4, 0.5) is 5.00 Å². The highest BCUT2D eigenvalue weighted by Gasteiger charge is 2.24. The average Bonchev–Trinajstić information content (AvgIpc) is 2.88. The highest BCUT2D eigenvalue weighted by atomic mass is 32.1. The fraction of sp³-hybridized carbons (Fsp3) is 0.538. The Balaban J connectivity index is 2.19. The zero-order valence-corrected chi connectivity index (χ0v) is 11.7. The molecule has 0 spiro atoms. The first-order valence-electron chi connectivity index (χ1n) is 6.52. The van der Waals surface area contributed by atoms with Crippen LogP contribution in [-0.4, -0.2) is 14.8 Å². The standard InChI is InChI=1S/C13H18N4S/c1-3-17-8(2)15-16-13(17)11-9-6-4-5-7-10(9)18-12(11)14/h3-7,14H2,1-2H3. The minimum Gasteiger partial charge on any atom is -0.390 e. The van der Waals surface area contributed by atoms with Crippen molar-refractivity contribution in [2.45, 2.75) is 46.1 Å². The molecule has 1 aliphatic rings. The molecule has 2 aromatic heterocycles. The molecule has 4 nitrogen and oxygen atoms in total. The number of rotatable bonds is 2. The Kier molecular flexibility index (Phi) is 2.86. The Labute approximate surface area is 111 Å². The van der Waals surface area contributed by atoms with Crippen molar-refractivity contribution >= 4 is 16.3 Å². The molecule has 2 aromatic rings. The number of aryl methyl sites for hydroxylation is 2. The normalized spacial score (nSPS) is 14.8. The molecule has 1 aliphatic carbocycles. The molecule has 0 atom stereocenters. The number of hydrogen-bond acceptors (Lipinski definition) is 4. The highest BCUT2D eigenvalue weighted by Crippen LogP contribution is 2.41. The Morgan fingerprint density at radius 1 is 1.28 bits per heavy atom. The van der Waals surface area contributed by atoms with Crippen LogP contribution in [0.1, 0.15) is 36.0 Å². The second kappa shape index (κ2) is 4.39. The maximum atomic E-state index is 6.22. The van der Waals surface area contributed by atoms with E-state index in [1.54, 1.807) is 11.3 Å². The highest BCUT2D eigenvalue weighted by molar-refractivity contribution is 7.16. The number of nitrogens with two attached hydrogens (primary N) is 1. The third-order valence-electron chi connectivity index (χ3n) is 3.67. The van der Waals surface area contributed by atoms with E-state index in [0.29, 0.717) is 0 Å². The summed E-state index contributed by atoms with van der Waals surface area (Å²) in [6.07, 6.45) is 4.85. The molecule has 96 valence electrons. The van der Waals surface area contributed by atoms with Gasteiger partial charge in [-0.25, -0.2) is 0 Å². The number of thiophene rings is 1. The molecule has 0 fully saturated rings. The van der Waals surface area contributed by atoms with E-state index in [1.165, 1.54) is 29.7 Å². The lowest BCUT2D eigenvalue weighted by atomic mass is 9.95. The number of nitrogens with zero attached hydrogens (tertiary/aromatic N) is 3. The van der Waals surface area contributed by atoms with E-state index >= 15 is 0 Å². The monoisotopic (exact) mass is 262 g/mol. The molecule has 0 saturated carbocycles. The van der Waals surface area contributed by atoms with Crippen LogP contribution in [0.15, 0.2) is 0 Å². The Morgan fingerprint density at radius 2 is 2.06 bits per heavy atom. The smallest absolute Gasteiger partial charge is 0.167 e. The number of anilines is 1. The number of aromatic nitrogens is 3. The minimum absolute atomic E-state index is 0.887. The molecule has 2 heterocycles. The number of hydrogen-bond donors (Lipinski definition) is 1. The molecule has 2 N–H and O–H groups in total. The van der Waals surface area contributed by atoms with Crippen LogP contribution in [0.25, 0.3) is 11.4 Å². The van der Waals surface area contributed by atoms with Crippen molar-refractivity contribution in [3.63, 3.8) is 0 Å². The summed E-state index contributed by atoms with van der Waals surface area (Å²) >= 11 is 1.74. The molecule has 0 unspecified atom stereocenters. The summed E-state index contributed by atoms with van der Waals surface area (Å²) in [5.41, 5.74) is 8.80. The van der Waals surface area contributed by atoms with E-state index in [0.717, 1.165) is 35.2 Å². The van der Waals surface area contributed by atoms with Gasteiger partial charge in [-0.3, -0.25) is 0 Å². The fourth-order valence-corrected chi connectivity index (χ4v) is 3.93. The maximum absolute atomic E-state index is 6.22. The molecule has 0 amide bonds. The third-order valence-corrected chi connectivity index (χ3v) is 4.80. The predicted molar refractivity (Wildman–Crippen MR) is 74.8 cm³/mol. The quantitative estimate of drug-likeness (QED) is 0.905. The molecule has 3 rings (SSSR count). The SMILES string of the molecule is CCn1c(C)nnc1-c1c(N)sc2c1CCCC2. The van der Waals surface area contributed by atoms with E-state index < -0.39 is 0 Å². The molecule has 0 bridgehead atoms. The summed E-state index contributed by atoms with van der Waals surface area (Å²) in [5.74, 6) is 1.91. The van der Waals surface area contributed by atoms with Gasteiger partial charge in [0.25, 0.3) is 0 Å². The second-order valence-electron chi connectivity index (χ2n) is 4.77. The van der Waals surface area contributed by atoms with E-state index in [1.807, 2.05) is 6.92 Å². The van der Waals surface area contributed by atoms with Gasteiger partial charge in [-0.2, -0.15) is 0 Å². The molecule has 18 heavy (non-hydrogen) atoms. The van der Waals surface area contributed by atoms with Crippen molar-refractivity contribution in [2.24, 2.45) is 0 Å². The first-order valence-corrected chi connectivity index (χ1v) is 7.34. The fourth-order valence-electron chi connectivity index (χ4n) is 2.78. The van der Waals surface area contributed by atoms with Crippen LogP contribution in [0, 0.1) is 6.92 Å². The van der Waals surface area contributed by atoms with E-state index in [9.17, 15) is 0 Å². The lowest BCUT2D eigenvalue weighted by Crippen LogP contribution is -2.04. The lowest BCUT2D eigenvalue weighted by Gasteiger charge is -2.13. The molecule has 5 heteroatoms. The number of fused-ring (bicyclic) bond motifs is 1. The van der Waals surface area contributed by atoms with Gasteiger partial charge in [-0.15, -0.1) is 21.5 Å². The topological polar surface area (TPSA) is 56.7 Å². The van der Waals surface area contributed by atoms with Crippen molar-refractivity contribution in [3.8, 4) is 11.4 Å². The van der Waals surface area contributed by atoms with Gasteiger partial charge >= 0.3 is 0 Å². The molecule has 0 saturated heterocycles. The number of nitrogen functional groups attached to an aromatic ring is 1. The Morgan fingerprint density at radius 3 is 2.83 bits per heavy atom. The van der Waals surface area contributed by atoms with Crippen molar-refractivity contribution < 1.29 is 0 Å². The summed E-state index contributed by atoms with van der Waals surface area (Å²) in [7, 11) is 0. The zero-order chi connectivity index (χ0) is 12.7. The molecule has 0 radical (unpaired) electrons. The summed E-state index contributed by atoms with van der Waals surface area (Å²) in [4.78, 5) is 1.46. The van der Waals surface area contributed by atoms with Crippen LogP contribution in [0.2, 0.25) is 0 Å². The molecule has 0 aromatic carbocycles. The van der Waals surface area contributed by atoms with Crippen LogP contribution >= 0.6 is 11.3 Å². The lowest BCUT2D eigenvalue weighted by molar-refractivity contribution is 0.694. The molecular formula is C13H18N4S. The van der Waals surface area contributed by atoms with Gasteiger partial charge in [0, 0.05) is 11.4 Å². The molecule has 0 aliphatic heterocycles. The van der Waals surface area contributed by atoms with Gasteiger partial charge in [0.1, 0.15) is 5.82 Å². The zero-order valence-electron chi connectivity index (χ0n) is 10.9. The van der Waals surface area contributed by atoms with Crippen molar-refractivity contribution in [1.29, 1.82) is 0 Å². The van der Waals surface area contributed by atoms with Crippen LogP contribution in [-0.2, 0) is 19.4 Å². The van der Waals surface area contributed by atoms with E-state index in [-0.39, 0.29) is 0 Å². The van der Waals surface area contributed by atoms with Crippen LogP contribution < -0.4 is 5.73 Å². The summed E-state index contributed by atoms with van der Waals surface area (Å²) in [6, 6.07) is 0. The van der Waals surface area contributed by atoms with E-state index in [2.05, 4.69) is 21.7 Å². The Hall–Kier alpha value is -1.36. The summed E-state index contributed by atoms with van der Waals surface area (Å²) in [5, 5.41) is 9.44. The minimum atomic E-state index is 0.887. The Bertz CT molecular complexity index is 582. The van der Waals surface area contributed by atoms with Gasteiger partial charge < -0.3 is 10.3 Å². The van der Waals surface area contributed by atoms with E-state index in [4.69, 9.17) is 5.73 Å². The first kappa shape index (κ1) is 11.7. The van der Waals surface area contributed by atoms with Crippen molar-refractivity contribution in [1.82, 2.24) is 14.8 Å². The summed E-state index contributed by atoms with van der Waals surface area (Å²) in [6.45, 7) is 5.00. The van der Waals surface area contributed by atoms with Crippen LogP contribution in [0.3, 0.4) is 0 Å². The van der Waals surface area contributed by atoms with Crippen molar-refractivity contribution in [3.05, 3.63) is 16.3 Å². The van der Waals surface area contributed by atoms with Gasteiger partial charge in [-0.05, 0) is 45.1 Å². The predicted octanol–water partition coefficient (Wildman–Crippen LogP) is 2.80. The van der Waals surface area contributed by atoms with Crippen LogP contribution in [0.5, 0.6) is 0 Å². The first-order chi connectivity index (χ1) is 8.72. The summed E-state index contributed by atoms with van der Waals surface area (Å²) < 4.78 is 2.15. The van der Waals surface area contributed by atoms with Gasteiger partial charge in [-0.1, -0.05) is 0 Å². The second-order valence-corrected chi connectivity index (χ2v) is 5.90. The largest absolute Gasteiger partial charge is 0.390 e. The maximum Gasteiger partial charge on any atom is 0.167 e. The molecular weight excluding hydrogens is 244 g/mol. The van der Waals surface area contributed by atoms with Gasteiger partial charge in [0.15, 0.2) is 5.82 Å². The van der Waals surface area contributed by atoms with Crippen molar-refractivity contribution in [2.75, 3.05) is 5.73 Å². The van der Waals surface area contributed by atoms with Gasteiger partial charge in [0.2, 0.25) is 0 Å².